The van der Waals surface area contributed by atoms with Crippen LogP contribution in [0.25, 0.3) is 0 Å². The van der Waals surface area contributed by atoms with Crippen molar-refractivity contribution in [3.8, 4) is 0 Å². The second kappa shape index (κ2) is 6.70. The summed E-state index contributed by atoms with van der Waals surface area (Å²) in [5.74, 6) is -5.63. The Balaban J connectivity index is 3.12. The maximum atomic E-state index is 13.7. The van der Waals surface area contributed by atoms with E-state index in [1.54, 1.807) is 0 Å². The Hall–Kier alpha value is -2.62. The van der Waals surface area contributed by atoms with Crippen molar-refractivity contribution in [2.24, 2.45) is 0 Å². The number of aliphatic carboxylic acids is 1. The van der Waals surface area contributed by atoms with Gasteiger partial charge >= 0.3 is 11.7 Å². The summed E-state index contributed by atoms with van der Waals surface area (Å²) in [5.41, 5.74) is -2.24. The molecular weight excluding hydrogens is 294 g/mol. The Kier molecular flexibility index (Phi) is 5.24. The molecule has 8 nitrogen and oxygen atoms in total. The molecular formula is C11H10F2N2O6. The summed E-state index contributed by atoms with van der Waals surface area (Å²) in [6.07, 6.45) is -0.361. The van der Waals surface area contributed by atoms with E-state index in [1.165, 1.54) is 0 Å². The summed E-state index contributed by atoms with van der Waals surface area (Å²) in [5, 5.41) is 29.8. The highest BCUT2D eigenvalue weighted by Gasteiger charge is 2.27. The average molecular weight is 304 g/mol. The van der Waals surface area contributed by atoms with Crippen LogP contribution >= 0.6 is 0 Å². The zero-order chi connectivity index (χ0) is 16.2. The molecule has 3 N–H and O–H groups in total. The van der Waals surface area contributed by atoms with Crippen molar-refractivity contribution in [3.05, 3.63) is 39.4 Å². The number of carbonyl (C=O) groups excluding carboxylic acids is 1. The summed E-state index contributed by atoms with van der Waals surface area (Å²) >= 11 is 0. The lowest BCUT2D eigenvalue weighted by Gasteiger charge is -2.13. The van der Waals surface area contributed by atoms with Crippen molar-refractivity contribution in [1.29, 1.82) is 0 Å². The van der Waals surface area contributed by atoms with Crippen molar-refractivity contribution >= 4 is 17.6 Å². The van der Waals surface area contributed by atoms with Gasteiger partial charge in [0, 0.05) is 13.0 Å². The molecule has 0 heterocycles. The fraction of sp³-hybridized carbons (Fsp3) is 0.273. The van der Waals surface area contributed by atoms with Gasteiger partial charge in [-0.15, -0.1) is 0 Å². The second-order valence-corrected chi connectivity index (χ2v) is 3.92. The van der Waals surface area contributed by atoms with Gasteiger partial charge in [-0.3, -0.25) is 14.9 Å². The van der Waals surface area contributed by atoms with E-state index in [9.17, 15) is 28.5 Å². The number of carboxylic acids is 1. The predicted octanol–water partition coefficient (Wildman–Crippen LogP) is 0.438. The summed E-state index contributed by atoms with van der Waals surface area (Å²) in [6.45, 7) is -0.566. The second-order valence-electron chi connectivity index (χ2n) is 3.92. The number of aliphatic hydroxyl groups excluding tert-OH is 1. The highest BCUT2D eigenvalue weighted by Crippen LogP contribution is 2.22. The molecule has 21 heavy (non-hydrogen) atoms. The fourth-order valence-electron chi connectivity index (χ4n) is 1.50. The Labute approximate surface area is 116 Å². The first kappa shape index (κ1) is 16.4. The third-order valence-corrected chi connectivity index (χ3v) is 2.48. The van der Waals surface area contributed by atoms with E-state index in [4.69, 9.17) is 10.2 Å². The van der Waals surface area contributed by atoms with Crippen LogP contribution in [0.4, 0.5) is 14.5 Å². The number of nitro benzene ring substituents is 1. The molecule has 0 unspecified atom stereocenters. The highest BCUT2D eigenvalue weighted by atomic mass is 19.1. The molecule has 0 aliphatic heterocycles. The van der Waals surface area contributed by atoms with Gasteiger partial charge in [0.05, 0.1) is 16.6 Å². The van der Waals surface area contributed by atoms with Crippen molar-refractivity contribution in [3.63, 3.8) is 0 Å². The van der Waals surface area contributed by atoms with Gasteiger partial charge in [-0.05, 0) is 6.07 Å². The number of nitrogens with one attached hydrogen (secondary N) is 1. The van der Waals surface area contributed by atoms with E-state index < -0.39 is 52.3 Å². The van der Waals surface area contributed by atoms with Gasteiger partial charge in [-0.2, -0.15) is 4.39 Å². The molecule has 0 aliphatic carbocycles. The normalized spacial score (nSPS) is 11.8. The van der Waals surface area contributed by atoms with Crippen molar-refractivity contribution in [2.75, 3.05) is 6.61 Å². The molecule has 0 fully saturated rings. The molecule has 10 heteroatoms. The zero-order valence-electron chi connectivity index (χ0n) is 10.4. The summed E-state index contributed by atoms with van der Waals surface area (Å²) in [7, 11) is 0. The SMILES string of the molecule is O=C(N[C@@H](CCO)C(=O)O)c1cc(F)cc([N+](=O)[O-])c1F. The first-order chi connectivity index (χ1) is 9.77. The number of nitrogens with zero attached hydrogens (tertiary/aromatic N) is 1. The molecule has 1 atom stereocenters. The summed E-state index contributed by atoms with van der Waals surface area (Å²) in [6, 6.07) is -0.825. The first-order valence-electron chi connectivity index (χ1n) is 5.56. The number of hydrogen-bond acceptors (Lipinski definition) is 5. The van der Waals surface area contributed by atoms with E-state index in [0.717, 1.165) is 0 Å². The van der Waals surface area contributed by atoms with Gasteiger partial charge in [0.1, 0.15) is 11.9 Å². The molecule has 0 saturated carbocycles. The molecule has 114 valence electrons. The van der Waals surface area contributed by atoms with Crippen LogP contribution in [0.15, 0.2) is 12.1 Å². The molecule has 0 radical (unpaired) electrons. The van der Waals surface area contributed by atoms with E-state index in [-0.39, 0.29) is 6.42 Å². The van der Waals surface area contributed by atoms with Crippen LogP contribution in [-0.4, -0.2) is 39.7 Å². The molecule has 0 saturated heterocycles. The minimum absolute atomic E-state index is 0.300. The molecule has 0 spiro atoms. The number of halogens is 2. The third kappa shape index (κ3) is 3.92. The lowest BCUT2D eigenvalue weighted by molar-refractivity contribution is -0.387. The van der Waals surface area contributed by atoms with E-state index in [1.807, 2.05) is 5.32 Å². The van der Waals surface area contributed by atoms with E-state index in [2.05, 4.69) is 0 Å². The Morgan fingerprint density at radius 2 is 2.00 bits per heavy atom. The van der Waals surface area contributed by atoms with Gasteiger partial charge in [0.25, 0.3) is 5.91 Å². The molecule has 0 aromatic heterocycles. The molecule has 1 aromatic rings. The van der Waals surface area contributed by atoms with Gasteiger partial charge in [0.2, 0.25) is 5.82 Å². The lowest BCUT2D eigenvalue weighted by Crippen LogP contribution is -2.41. The van der Waals surface area contributed by atoms with Gasteiger partial charge in [-0.25, -0.2) is 9.18 Å². The van der Waals surface area contributed by atoms with Crippen LogP contribution in [0.3, 0.4) is 0 Å². The smallest absolute Gasteiger partial charge is 0.326 e. The summed E-state index contributed by atoms with van der Waals surface area (Å²) in [4.78, 5) is 31.8. The van der Waals surface area contributed by atoms with Crippen LogP contribution in [-0.2, 0) is 4.79 Å². The molecule has 1 aromatic carbocycles. The monoisotopic (exact) mass is 304 g/mol. The predicted molar refractivity (Wildman–Crippen MR) is 63.6 cm³/mol. The van der Waals surface area contributed by atoms with Gasteiger partial charge < -0.3 is 15.5 Å². The number of hydrogen-bond donors (Lipinski definition) is 3. The first-order valence-corrected chi connectivity index (χ1v) is 5.56. The fourth-order valence-corrected chi connectivity index (χ4v) is 1.50. The Morgan fingerprint density at radius 3 is 2.48 bits per heavy atom. The molecule has 0 aliphatic rings. The highest BCUT2D eigenvalue weighted by molar-refractivity contribution is 5.97. The summed E-state index contributed by atoms with van der Waals surface area (Å²) < 4.78 is 26.9. The quantitative estimate of drug-likeness (QED) is 0.516. The molecule has 0 bridgehead atoms. The molecule has 1 rings (SSSR count). The number of carbonyl (C=O) groups is 2. The maximum Gasteiger partial charge on any atom is 0.326 e. The molecule has 1 amide bonds. The van der Waals surface area contributed by atoms with E-state index >= 15 is 0 Å². The van der Waals surface area contributed by atoms with Crippen molar-refractivity contribution < 1.29 is 33.5 Å². The number of rotatable bonds is 6. The minimum Gasteiger partial charge on any atom is -0.480 e. The van der Waals surface area contributed by atoms with Crippen LogP contribution in [0, 0.1) is 21.7 Å². The number of carboxylic acid groups (broad SMARTS) is 1. The number of amides is 1. The van der Waals surface area contributed by atoms with Crippen LogP contribution in [0.2, 0.25) is 0 Å². The Morgan fingerprint density at radius 1 is 1.38 bits per heavy atom. The lowest BCUT2D eigenvalue weighted by atomic mass is 10.1. The standard InChI is InChI=1S/C11H10F2N2O6/c12-5-3-6(9(13)8(4-5)15(20)21)10(17)14-7(1-2-16)11(18)19/h3-4,7,16H,1-2H2,(H,14,17)(H,18,19)/t7-/m0/s1. The maximum absolute atomic E-state index is 13.7. The van der Waals surface area contributed by atoms with Crippen LogP contribution in [0.1, 0.15) is 16.8 Å². The van der Waals surface area contributed by atoms with Gasteiger partial charge in [0.15, 0.2) is 0 Å². The minimum atomic E-state index is -1.58. The van der Waals surface area contributed by atoms with Crippen molar-refractivity contribution in [1.82, 2.24) is 5.32 Å². The van der Waals surface area contributed by atoms with Gasteiger partial charge in [-0.1, -0.05) is 0 Å². The topological polar surface area (TPSA) is 130 Å². The van der Waals surface area contributed by atoms with Crippen molar-refractivity contribution in [2.45, 2.75) is 12.5 Å². The largest absolute Gasteiger partial charge is 0.480 e. The number of benzene rings is 1. The number of nitro groups is 1. The Bertz CT molecular complexity index is 592. The third-order valence-electron chi connectivity index (χ3n) is 2.48. The van der Waals surface area contributed by atoms with Crippen LogP contribution in [0.5, 0.6) is 0 Å². The zero-order valence-corrected chi connectivity index (χ0v) is 10.4. The van der Waals surface area contributed by atoms with Crippen LogP contribution < -0.4 is 5.32 Å². The van der Waals surface area contributed by atoms with E-state index in [0.29, 0.717) is 12.1 Å². The average Bonchev–Trinajstić information content (AvgIpc) is 2.39. The number of aliphatic hydroxyl groups is 1.